The van der Waals surface area contributed by atoms with E-state index in [2.05, 4.69) is 58.8 Å². The summed E-state index contributed by atoms with van der Waals surface area (Å²) in [4.78, 5) is 19.2. The Morgan fingerprint density at radius 3 is 2.33 bits per heavy atom. The molecule has 0 spiro atoms. The summed E-state index contributed by atoms with van der Waals surface area (Å²) in [5.74, 6) is 0.767. The minimum Gasteiger partial charge on any atom is -0.457 e. The van der Waals surface area contributed by atoms with Gasteiger partial charge in [-0.15, -0.1) is 0 Å². The van der Waals surface area contributed by atoms with Crippen molar-refractivity contribution in [2.24, 2.45) is 11.3 Å². The Kier molecular flexibility index (Phi) is 6.04. The normalized spacial score (nSPS) is 23.5. The van der Waals surface area contributed by atoms with E-state index in [1.165, 1.54) is 0 Å². The molecule has 4 unspecified atom stereocenters. The highest BCUT2D eigenvalue weighted by atomic mass is 16.5. The summed E-state index contributed by atoms with van der Waals surface area (Å²) in [6, 6.07) is 25.4. The number of nitrogens with one attached hydrogen (secondary N) is 1. The molecule has 1 saturated heterocycles. The van der Waals surface area contributed by atoms with Crippen molar-refractivity contribution in [3.8, 4) is 34.1 Å². The van der Waals surface area contributed by atoms with Crippen LogP contribution in [0.25, 0.3) is 33.7 Å². The summed E-state index contributed by atoms with van der Waals surface area (Å²) in [6.07, 6.45) is 1.72. The Bertz CT molecular complexity index is 3170. The predicted octanol–water partition coefficient (Wildman–Crippen LogP) is 11.7. The molecule has 1 N–H and O–H groups in total. The molecule has 6 heteroatoms. The van der Waals surface area contributed by atoms with E-state index in [1.807, 2.05) is 84.9 Å². The van der Waals surface area contributed by atoms with Gasteiger partial charge in [-0.3, -0.25) is 4.57 Å². The molecular weight excluding hydrogens is 701 g/mol. The van der Waals surface area contributed by atoms with Crippen molar-refractivity contribution in [2.75, 3.05) is 0 Å². The standard InChI is InChI=1S/C51H50N4O2/c1-30-19-23-38-43-42(30)36-22-20-34(28-37(36)47-44(43)45(51(7,8)50(38,5)6)46(53-47)31-15-11-9-12-16-31)57-35-21-24-39-40(29-35)55(41-27-32(25-26-52-41)49(2,3)4)48(56)54(39)33-17-13-10-14-18-33/h9-29,44-47,53H,1-8H3/i1D3,9D,11D,12D,15D,16D. The first-order valence-corrected chi connectivity index (χ1v) is 19.7. The summed E-state index contributed by atoms with van der Waals surface area (Å²) < 4.78 is 80.2. The van der Waals surface area contributed by atoms with Crippen molar-refractivity contribution < 1.29 is 15.7 Å². The first-order chi connectivity index (χ1) is 30.5. The molecule has 0 radical (unpaired) electrons. The number of aryl methyl sites for hydroxylation is 1. The van der Waals surface area contributed by atoms with Crippen LogP contribution in [0.15, 0.2) is 132 Å². The third kappa shape index (κ3) is 5.19. The van der Waals surface area contributed by atoms with Crippen LogP contribution in [0, 0.1) is 18.2 Å². The van der Waals surface area contributed by atoms with Crippen LogP contribution in [0.1, 0.15) is 111 Å². The van der Waals surface area contributed by atoms with Crippen LogP contribution >= 0.6 is 0 Å². The van der Waals surface area contributed by atoms with Gasteiger partial charge >= 0.3 is 5.69 Å². The minimum absolute atomic E-state index is 0.196. The van der Waals surface area contributed by atoms with Gasteiger partial charge in [0.1, 0.15) is 17.3 Å². The number of hydrogen-bond acceptors (Lipinski definition) is 4. The number of rotatable bonds is 5. The molecule has 1 fully saturated rings. The summed E-state index contributed by atoms with van der Waals surface area (Å²) in [6.45, 7) is 12.6. The van der Waals surface area contributed by atoms with E-state index in [0.717, 1.165) is 27.8 Å². The third-order valence-electron chi connectivity index (χ3n) is 13.5. The number of hydrogen-bond donors (Lipinski definition) is 1. The van der Waals surface area contributed by atoms with Crippen molar-refractivity contribution in [1.82, 2.24) is 19.4 Å². The highest BCUT2D eigenvalue weighted by Crippen LogP contribution is 2.69. The summed E-state index contributed by atoms with van der Waals surface area (Å²) in [5.41, 5.74) is 6.04. The number of ether oxygens (including phenoxy) is 1. The van der Waals surface area contributed by atoms with E-state index in [1.54, 1.807) is 21.4 Å². The molecule has 5 aromatic carbocycles. The number of nitrogens with zero attached hydrogens (tertiary/aromatic N) is 3. The molecule has 2 aliphatic carbocycles. The molecule has 10 rings (SSSR count). The van der Waals surface area contributed by atoms with E-state index in [-0.39, 0.29) is 46.2 Å². The second-order valence-corrected chi connectivity index (χ2v) is 18.0. The highest BCUT2D eigenvalue weighted by Gasteiger charge is 2.62. The molecule has 4 atom stereocenters. The molecule has 6 nitrogen and oxygen atoms in total. The second kappa shape index (κ2) is 12.4. The summed E-state index contributed by atoms with van der Waals surface area (Å²) in [5, 5.41) is 3.82. The zero-order valence-electron chi connectivity index (χ0n) is 41.2. The first kappa shape index (κ1) is 27.8. The van der Waals surface area contributed by atoms with Crippen LogP contribution in [0.5, 0.6) is 11.5 Å². The minimum atomic E-state index is -2.45. The Morgan fingerprint density at radius 2 is 1.58 bits per heavy atom. The van der Waals surface area contributed by atoms with Crippen molar-refractivity contribution in [2.45, 2.75) is 84.1 Å². The maximum absolute atomic E-state index is 14.5. The number of benzene rings is 5. The van der Waals surface area contributed by atoms with Crippen molar-refractivity contribution in [3.05, 3.63) is 171 Å². The lowest BCUT2D eigenvalue weighted by Crippen LogP contribution is -2.50. The van der Waals surface area contributed by atoms with Crippen LogP contribution in [0.3, 0.4) is 0 Å². The number of aromatic nitrogens is 3. The van der Waals surface area contributed by atoms with Gasteiger partial charge in [0.2, 0.25) is 0 Å². The average Bonchev–Trinajstić information content (AvgIpc) is 3.80. The Morgan fingerprint density at radius 1 is 0.825 bits per heavy atom. The molecule has 7 aromatic rings. The molecule has 0 bridgehead atoms. The fourth-order valence-corrected chi connectivity index (χ4v) is 10.1. The van der Waals surface area contributed by atoms with E-state index < -0.39 is 47.9 Å². The molecule has 3 aliphatic rings. The highest BCUT2D eigenvalue weighted by molar-refractivity contribution is 5.83. The van der Waals surface area contributed by atoms with E-state index in [9.17, 15) is 4.79 Å². The van der Waals surface area contributed by atoms with Gasteiger partial charge in [0.25, 0.3) is 0 Å². The van der Waals surface area contributed by atoms with Gasteiger partial charge in [0, 0.05) is 34.4 Å². The van der Waals surface area contributed by atoms with E-state index in [0.29, 0.717) is 39.6 Å². The lowest BCUT2D eigenvalue weighted by atomic mass is 9.47. The van der Waals surface area contributed by atoms with Gasteiger partial charge in [-0.2, -0.15) is 0 Å². The molecule has 1 aliphatic heterocycles. The molecule has 3 heterocycles. The fraction of sp³-hybridized carbons (Fsp3) is 0.294. The van der Waals surface area contributed by atoms with Crippen LogP contribution in [-0.2, 0) is 10.8 Å². The Balaban J connectivity index is 1.16. The van der Waals surface area contributed by atoms with Crippen molar-refractivity contribution >= 4 is 11.0 Å². The molecule has 0 saturated carbocycles. The largest absolute Gasteiger partial charge is 0.457 e. The van der Waals surface area contributed by atoms with Gasteiger partial charge in [-0.25, -0.2) is 14.3 Å². The third-order valence-corrected chi connectivity index (χ3v) is 13.5. The topological polar surface area (TPSA) is 61.1 Å². The number of para-hydroxylation sites is 1. The van der Waals surface area contributed by atoms with Crippen LogP contribution in [0.2, 0.25) is 0 Å². The van der Waals surface area contributed by atoms with E-state index >= 15 is 0 Å². The lowest BCUT2D eigenvalue weighted by Gasteiger charge is -2.56. The first-order valence-electron chi connectivity index (χ1n) is 23.7. The number of fused-ring (bicyclic) bond motifs is 4. The molecule has 2 aromatic heterocycles. The second-order valence-electron chi connectivity index (χ2n) is 18.0. The maximum Gasteiger partial charge on any atom is 0.339 e. The van der Waals surface area contributed by atoms with Crippen LogP contribution in [0.4, 0.5) is 0 Å². The Labute approximate surface area is 346 Å². The zero-order valence-corrected chi connectivity index (χ0v) is 33.2. The van der Waals surface area contributed by atoms with Gasteiger partial charge < -0.3 is 10.1 Å². The maximum atomic E-state index is 14.5. The predicted molar refractivity (Wildman–Crippen MR) is 230 cm³/mol. The lowest BCUT2D eigenvalue weighted by molar-refractivity contribution is 0.0621. The van der Waals surface area contributed by atoms with Gasteiger partial charge in [-0.1, -0.05) is 115 Å². The van der Waals surface area contributed by atoms with Crippen LogP contribution < -0.4 is 15.7 Å². The van der Waals surface area contributed by atoms with Gasteiger partial charge in [0.15, 0.2) is 0 Å². The Hall–Kier alpha value is -5.72. The van der Waals surface area contributed by atoms with Gasteiger partial charge in [-0.05, 0) is 122 Å². The molecule has 57 heavy (non-hydrogen) atoms. The molecule has 0 amide bonds. The molecule has 286 valence electrons. The smallest absolute Gasteiger partial charge is 0.339 e. The number of imidazole rings is 1. The zero-order chi connectivity index (χ0) is 46.4. The monoisotopic (exact) mass is 758 g/mol. The van der Waals surface area contributed by atoms with Crippen molar-refractivity contribution in [3.63, 3.8) is 0 Å². The van der Waals surface area contributed by atoms with Crippen LogP contribution in [-0.4, -0.2) is 14.1 Å². The number of pyridine rings is 1. The van der Waals surface area contributed by atoms with E-state index in [4.69, 9.17) is 15.7 Å². The average molecular weight is 759 g/mol. The fourth-order valence-electron chi connectivity index (χ4n) is 10.1. The van der Waals surface area contributed by atoms with Gasteiger partial charge in [0.05, 0.1) is 23.6 Å². The SMILES string of the molecule is [2H]c1c([2H])c([2H])c(C2NC3c4cc(Oc5ccc6c(c5)n(-c5cc(C(C)(C)C)ccn5)c(=O)n6-c5ccccc5)ccc4-c4c(C([2H])([2H])[2H])ccc5c4C3C2C(C)(C)C5(C)C)c([2H])c1[2H]. The summed E-state index contributed by atoms with van der Waals surface area (Å²) >= 11 is 0. The summed E-state index contributed by atoms with van der Waals surface area (Å²) in [7, 11) is 0. The quantitative estimate of drug-likeness (QED) is 0.190. The molecular formula is C51H50N4O2. The van der Waals surface area contributed by atoms with Crippen molar-refractivity contribution in [1.29, 1.82) is 0 Å².